The van der Waals surface area contributed by atoms with Gasteiger partial charge in [-0.15, -0.1) is 0 Å². The number of hydrogen-bond donors (Lipinski definition) is 0. The first kappa shape index (κ1) is 29.0. The number of furan rings is 2. The molecule has 4 heterocycles. The molecule has 0 fully saturated rings. The van der Waals surface area contributed by atoms with Crippen LogP contribution >= 0.6 is 0 Å². The molecule has 9 aromatic carbocycles. The maximum atomic E-state index is 6.63. The van der Waals surface area contributed by atoms with E-state index in [-0.39, 0.29) is 0 Å². The summed E-state index contributed by atoms with van der Waals surface area (Å²) < 4.78 is 15.5. The van der Waals surface area contributed by atoms with Crippen LogP contribution < -0.4 is 0 Å². The number of nitrogens with zero attached hydrogens (tertiary/aromatic N) is 3. The highest BCUT2D eigenvalue weighted by molar-refractivity contribution is 6.36. The van der Waals surface area contributed by atoms with Crippen molar-refractivity contribution in [3.05, 3.63) is 164 Å². The van der Waals surface area contributed by atoms with Crippen molar-refractivity contribution in [2.45, 2.75) is 0 Å². The second kappa shape index (κ2) is 10.6. The number of para-hydroxylation sites is 3. The molecule has 4 aromatic heterocycles. The Labute approximate surface area is 312 Å². The molecule has 254 valence electrons. The number of rotatable bonds is 2. The van der Waals surface area contributed by atoms with E-state index in [1.54, 1.807) is 0 Å². The van der Waals surface area contributed by atoms with Crippen LogP contribution in [0.25, 0.3) is 126 Å². The van der Waals surface area contributed by atoms with Gasteiger partial charge >= 0.3 is 0 Å². The average Bonchev–Trinajstić information content (AvgIpc) is 3.93. The monoisotopic (exact) mass is 701 g/mol. The van der Waals surface area contributed by atoms with Crippen molar-refractivity contribution in [2.75, 3.05) is 0 Å². The summed E-state index contributed by atoms with van der Waals surface area (Å²) in [5.41, 5.74) is 6.67. The third-order valence-electron chi connectivity index (χ3n) is 11.6. The standard InChI is InChI=1S/C50H27N3O2/c1-2-13-29-28(12-1)24-25-38-44-40(27-26-35-32-16-4-3-14-30(32)31-15-5-6-18-34(31)43(35)44)53(47(29)38)50-51-46(45-37-19-8-10-23-42(37)55-49(45)52-50)39-21-11-20-36-33-17-7-9-22-41(33)54-48(36)39/h1-27H. The lowest BCUT2D eigenvalue weighted by atomic mass is 9.91. The van der Waals surface area contributed by atoms with Gasteiger partial charge < -0.3 is 8.83 Å². The van der Waals surface area contributed by atoms with Gasteiger partial charge in [-0.25, -0.2) is 4.98 Å². The van der Waals surface area contributed by atoms with E-state index in [1.165, 1.54) is 37.7 Å². The average molecular weight is 702 g/mol. The second-order valence-electron chi connectivity index (χ2n) is 14.4. The molecule has 0 spiro atoms. The minimum absolute atomic E-state index is 0.529. The number of fused-ring (bicyclic) bond motifs is 18. The van der Waals surface area contributed by atoms with Gasteiger partial charge in [0.2, 0.25) is 11.7 Å². The van der Waals surface area contributed by atoms with E-state index in [1.807, 2.05) is 30.3 Å². The molecule has 5 nitrogen and oxygen atoms in total. The summed E-state index contributed by atoms with van der Waals surface area (Å²) >= 11 is 0. The van der Waals surface area contributed by atoms with E-state index < -0.39 is 0 Å². The Bertz CT molecular complexity index is 3760. The molecule has 0 bridgehead atoms. The molecule has 5 heteroatoms. The van der Waals surface area contributed by atoms with Crippen LogP contribution in [-0.2, 0) is 0 Å². The Hall–Kier alpha value is -7.50. The molecular weight excluding hydrogens is 675 g/mol. The summed E-state index contributed by atoms with van der Waals surface area (Å²) in [6.45, 7) is 0. The first-order chi connectivity index (χ1) is 27.3. The molecule has 0 saturated carbocycles. The quantitative estimate of drug-likeness (QED) is 0.168. The summed E-state index contributed by atoms with van der Waals surface area (Å²) in [4.78, 5) is 10.9. The van der Waals surface area contributed by atoms with Gasteiger partial charge in [-0.1, -0.05) is 140 Å². The zero-order valence-corrected chi connectivity index (χ0v) is 29.2. The predicted octanol–water partition coefficient (Wildman–Crippen LogP) is 13.7. The zero-order valence-electron chi connectivity index (χ0n) is 29.2. The van der Waals surface area contributed by atoms with Gasteiger partial charge in [-0.05, 0) is 56.6 Å². The minimum atomic E-state index is 0.529. The van der Waals surface area contributed by atoms with E-state index in [4.69, 9.17) is 18.8 Å². The molecule has 0 unspecified atom stereocenters. The van der Waals surface area contributed by atoms with Crippen LogP contribution in [0, 0.1) is 0 Å². The lowest BCUT2D eigenvalue weighted by molar-refractivity contribution is 0.651. The first-order valence-corrected chi connectivity index (χ1v) is 18.6. The predicted molar refractivity (Wildman–Crippen MR) is 226 cm³/mol. The fourth-order valence-corrected chi connectivity index (χ4v) is 9.31. The van der Waals surface area contributed by atoms with Gasteiger partial charge in [-0.3, -0.25) is 4.57 Å². The van der Waals surface area contributed by atoms with Crippen LogP contribution in [0.5, 0.6) is 0 Å². The number of aromatic nitrogens is 3. The maximum Gasteiger partial charge on any atom is 0.238 e. The molecule has 0 saturated heterocycles. The largest absolute Gasteiger partial charge is 0.455 e. The molecule has 0 radical (unpaired) electrons. The smallest absolute Gasteiger partial charge is 0.238 e. The molecule has 0 amide bonds. The van der Waals surface area contributed by atoms with Crippen molar-refractivity contribution < 1.29 is 8.83 Å². The van der Waals surface area contributed by atoms with E-state index in [2.05, 4.69) is 138 Å². The van der Waals surface area contributed by atoms with Gasteiger partial charge in [-0.2, -0.15) is 4.98 Å². The summed E-state index contributed by atoms with van der Waals surface area (Å²) in [6, 6.07) is 57.8. The van der Waals surface area contributed by atoms with E-state index >= 15 is 0 Å². The minimum Gasteiger partial charge on any atom is -0.455 e. The molecule has 0 atom stereocenters. The number of hydrogen-bond acceptors (Lipinski definition) is 4. The Morgan fingerprint density at radius 1 is 0.382 bits per heavy atom. The molecule has 0 aliphatic heterocycles. The SMILES string of the molecule is c1ccc2c(c1)ccc1c3c4c5ccccc5c5ccccc5c4ccc3n(-c3nc(-c4cccc5c4oc4ccccc45)c4c(n3)oc3ccccc34)c21. The van der Waals surface area contributed by atoms with Crippen molar-refractivity contribution in [1.82, 2.24) is 14.5 Å². The summed E-state index contributed by atoms with van der Waals surface area (Å²) in [7, 11) is 0. The molecule has 0 aliphatic carbocycles. The molecular formula is C50H27N3O2. The Morgan fingerprint density at radius 3 is 1.78 bits per heavy atom. The summed E-state index contributed by atoms with van der Waals surface area (Å²) in [5, 5.41) is 15.9. The van der Waals surface area contributed by atoms with E-state index in [9.17, 15) is 0 Å². The lowest BCUT2D eigenvalue weighted by Gasteiger charge is -2.13. The van der Waals surface area contributed by atoms with E-state index in [0.29, 0.717) is 11.7 Å². The van der Waals surface area contributed by atoms with Crippen LogP contribution in [0.4, 0.5) is 0 Å². The normalized spacial score (nSPS) is 12.4. The fraction of sp³-hybridized carbons (Fsp3) is 0. The number of benzene rings is 9. The highest BCUT2D eigenvalue weighted by Crippen LogP contribution is 2.46. The van der Waals surface area contributed by atoms with Crippen LogP contribution in [0.2, 0.25) is 0 Å². The third-order valence-corrected chi connectivity index (χ3v) is 11.6. The zero-order chi connectivity index (χ0) is 35.8. The van der Waals surface area contributed by atoms with E-state index in [0.717, 1.165) is 76.7 Å². The summed E-state index contributed by atoms with van der Waals surface area (Å²) in [6.07, 6.45) is 0. The Kier molecular flexibility index (Phi) is 5.57. The second-order valence-corrected chi connectivity index (χ2v) is 14.4. The first-order valence-electron chi connectivity index (χ1n) is 18.6. The molecule has 13 aromatic rings. The van der Waals surface area contributed by atoms with Gasteiger partial charge in [0.05, 0.1) is 22.1 Å². The van der Waals surface area contributed by atoms with Gasteiger partial charge in [0.25, 0.3) is 0 Å². The summed E-state index contributed by atoms with van der Waals surface area (Å²) in [5.74, 6) is 0.537. The van der Waals surface area contributed by atoms with Crippen LogP contribution in [-0.4, -0.2) is 14.5 Å². The molecule has 0 N–H and O–H groups in total. The fourth-order valence-electron chi connectivity index (χ4n) is 9.31. The van der Waals surface area contributed by atoms with Crippen molar-refractivity contribution in [2.24, 2.45) is 0 Å². The topological polar surface area (TPSA) is 57.0 Å². The Balaban J connectivity index is 1.24. The van der Waals surface area contributed by atoms with Crippen molar-refractivity contribution >= 4 is 109 Å². The van der Waals surface area contributed by atoms with Crippen molar-refractivity contribution in [3.63, 3.8) is 0 Å². The molecule has 55 heavy (non-hydrogen) atoms. The molecule has 0 aliphatic rings. The highest BCUT2D eigenvalue weighted by atomic mass is 16.3. The third kappa shape index (κ3) is 3.81. The maximum absolute atomic E-state index is 6.63. The van der Waals surface area contributed by atoms with Gasteiger partial charge in [0.15, 0.2) is 0 Å². The van der Waals surface area contributed by atoms with Crippen LogP contribution in [0.1, 0.15) is 0 Å². The molecule has 13 rings (SSSR count). The van der Waals surface area contributed by atoms with Gasteiger partial charge in [0, 0.05) is 43.3 Å². The van der Waals surface area contributed by atoms with Crippen LogP contribution in [0.3, 0.4) is 0 Å². The lowest BCUT2D eigenvalue weighted by Crippen LogP contribution is -2.03. The van der Waals surface area contributed by atoms with Crippen molar-refractivity contribution in [3.8, 4) is 17.2 Å². The van der Waals surface area contributed by atoms with Crippen molar-refractivity contribution in [1.29, 1.82) is 0 Å². The Morgan fingerprint density at radius 2 is 0.982 bits per heavy atom. The highest BCUT2D eigenvalue weighted by Gasteiger charge is 2.25. The van der Waals surface area contributed by atoms with Gasteiger partial charge in [0.1, 0.15) is 16.7 Å². The van der Waals surface area contributed by atoms with Crippen LogP contribution in [0.15, 0.2) is 173 Å².